The summed E-state index contributed by atoms with van der Waals surface area (Å²) in [6.45, 7) is 5.61. The third-order valence-corrected chi connectivity index (χ3v) is 12.3. The van der Waals surface area contributed by atoms with Crippen LogP contribution in [0.25, 0.3) is 0 Å². The van der Waals surface area contributed by atoms with Crippen molar-refractivity contribution in [1.29, 1.82) is 5.26 Å². The molecule has 57 heavy (non-hydrogen) atoms. The van der Waals surface area contributed by atoms with Gasteiger partial charge in [0.1, 0.15) is 23.6 Å². The van der Waals surface area contributed by atoms with Gasteiger partial charge in [0.2, 0.25) is 11.8 Å². The Bertz CT molecular complexity index is 2100. The minimum absolute atomic E-state index is 0.0322. The molecule has 3 aromatic rings. The Hall–Kier alpha value is -5.45. The number of carbonyl (C=O) groups is 5. The number of nitriles is 1. The first-order valence-corrected chi connectivity index (χ1v) is 20.3. The molecule has 0 radical (unpaired) electrons. The van der Waals surface area contributed by atoms with Gasteiger partial charge < -0.3 is 19.3 Å². The second-order valence-corrected chi connectivity index (χ2v) is 16.0. The van der Waals surface area contributed by atoms with E-state index < -0.39 is 29.7 Å². The number of amides is 5. The van der Waals surface area contributed by atoms with E-state index in [0.717, 1.165) is 87.6 Å². The first kappa shape index (κ1) is 38.4. The van der Waals surface area contributed by atoms with E-state index in [1.165, 1.54) is 0 Å². The highest BCUT2D eigenvalue weighted by molar-refractivity contribution is 6.31. The van der Waals surface area contributed by atoms with Gasteiger partial charge in [-0.15, -0.1) is 0 Å². The summed E-state index contributed by atoms with van der Waals surface area (Å²) >= 11 is 6.16. The molecule has 0 spiro atoms. The summed E-state index contributed by atoms with van der Waals surface area (Å²) in [7, 11) is 0. The maximum absolute atomic E-state index is 13.4. The van der Waals surface area contributed by atoms with Crippen LogP contribution in [-0.2, 0) is 9.59 Å². The molecule has 0 bridgehead atoms. The van der Waals surface area contributed by atoms with E-state index in [4.69, 9.17) is 26.3 Å². The summed E-state index contributed by atoms with van der Waals surface area (Å²) in [6.07, 6.45) is 5.75. The first-order chi connectivity index (χ1) is 27.6. The molecule has 3 aromatic carbocycles. The zero-order valence-corrected chi connectivity index (χ0v) is 32.4. The Kier molecular flexibility index (Phi) is 11.2. The molecule has 5 aliphatic rings. The van der Waals surface area contributed by atoms with Crippen LogP contribution in [0, 0.1) is 17.2 Å². The number of anilines is 1. The van der Waals surface area contributed by atoms with Crippen molar-refractivity contribution in [2.75, 3.05) is 50.7 Å². The molecule has 1 atom stereocenters. The number of nitrogens with one attached hydrogen (secondary N) is 1. The number of fused-ring (bicyclic) bond motifs is 1. The summed E-state index contributed by atoms with van der Waals surface area (Å²) in [6, 6.07) is 19.0. The molecule has 8 rings (SSSR count). The van der Waals surface area contributed by atoms with Gasteiger partial charge in [0.05, 0.1) is 33.9 Å². The standard InChI is InChI=1S/C43H45ClN6O7/c44-37-24-34(7-3-29(37)25-45)57-33-10-8-32(9-11-33)56-31-5-1-28(2-6-31)41(53)49-21-19-47(20-22-49)26-27-15-17-48(18-16-27)30-4-12-35-36(23-30)43(55)50(42(35)54)38-13-14-39(51)46-40(38)52/h1-7,12,23-24,27,32-33,38H,8-11,13-22,26H2,(H,46,51,52)/t32-,33-,38?. The van der Waals surface area contributed by atoms with Gasteiger partial charge >= 0.3 is 0 Å². The average molecular weight is 793 g/mol. The summed E-state index contributed by atoms with van der Waals surface area (Å²) in [4.78, 5) is 71.5. The normalized spacial score (nSPS) is 23.2. The number of piperidine rings is 2. The van der Waals surface area contributed by atoms with Crippen LogP contribution in [0.2, 0.25) is 5.02 Å². The van der Waals surface area contributed by atoms with Crippen molar-refractivity contribution in [3.8, 4) is 17.6 Å². The molecule has 13 nitrogen and oxygen atoms in total. The molecule has 1 unspecified atom stereocenters. The number of hydrogen-bond donors (Lipinski definition) is 1. The minimum atomic E-state index is -0.977. The number of carbonyl (C=O) groups excluding carboxylic acids is 5. The Balaban J connectivity index is 0.752. The van der Waals surface area contributed by atoms with Gasteiger partial charge in [0.25, 0.3) is 17.7 Å². The molecule has 4 fully saturated rings. The Labute approximate surface area is 336 Å². The summed E-state index contributed by atoms with van der Waals surface area (Å²) in [5.41, 5.74) is 2.56. The molecule has 0 aromatic heterocycles. The third kappa shape index (κ3) is 8.34. The van der Waals surface area contributed by atoms with E-state index >= 15 is 0 Å². The average Bonchev–Trinajstić information content (AvgIpc) is 3.47. The van der Waals surface area contributed by atoms with Crippen molar-refractivity contribution in [3.05, 3.63) is 87.9 Å². The van der Waals surface area contributed by atoms with Crippen molar-refractivity contribution in [1.82, 2.24) is 20.0 Å². The lowest BCUT2D eigenvalue weighted by Crippen LogP contribution is -2.54. The van der Waals surface area contributed by atoms with Crippen molar-refractivity contribution >= 4 is 46.8 Å². The Morgan fingerprint density at radius 3 is 2.05 bits per heavy atom. The van der Waals surface area contributed by atoms with Crippen molar-refractivity contribution in [3.63, 3.8) is 0 Å². The maximum atomic E-state index is 13.4. The molecule has 3 saturated heterocycles. The lowest BCUT2D eigenvalue weighted by molar-refractivity contribution is -0.136. The lowest BCUT2D eigenvalue weighted by atomic mass is 9.95. The van der Waals surface area contributed by atoms with Gasteiger partial charge in [-0.25, -0.2) is 0 Å². The SMILES string of the molecule is N#Cc1ccc(O[C@H]2CC[C@H](Oc3ccc(C(=O)N4CCN(CC5CCN(c6ccc7c(c6)C(=O)N(C6CCC(=O)NC6=O)C7=O)CC5)CC4)cc3)CC2)cc1Cl. The smallest absolute Gasteiger partial charge is 0.262 e. The van der Waals surface area contributed by atoms with Crippen LogP contribution in [0.4, 0.5) is 5.69 Å². The van der Waals surface area contributed by atoms with Gasteiger partial charge in [-0.3, -0.25) is 39.1 Å². The third-order valence-electron chi connectivity index (χ3n) is 12.0. The summed E-state index contributed by atoms with van der Waals surface area (Å²) in [5, 5.41) is 11.7. The van der Waals surface area contributed by atoms with Gasteiger partial charge in [0.15, 0.2) is 0 Å². The largest absolute Gasteiger partial charge is 0.490 e. The minimum Gasteiger partial charge on any atom is -0.490 e. The van der Waals surface area contributed by atoms with E-state index in [-0.39, 0.29) is 36.5 Å². The van der Waals surface area contributed by atoms with E-state index in [2.05, 4.69) is 21.2 Å². The number of hydrogen-bond acceptors (Lipinski definition) is 10. The van der Waals surface area contributed by atoms with E-state index in [9.17, 15) is 24.0 Å². The van der Waals surface area contributed by atoms with Crippen LogP contribution in [0.1, 0.15) is 88.0 Å². The number of nitrogens with zero attached hydrogens (tertiary/aromatic N) is 5. The molecule has 1 aliphatic carbocycles. The highest BCUT2D eigenvalue weighted by Gasteiger charge is 2.45. The van der Waals surface area contributed by atoms with E-state index in [1.54, 1.807) is 30.3 Å². The number of imide groups is 2. The van der Waals surface area contributed by atoms with E-state index in [0.29, 0.717) is 46.5 Å². The Morgan fingerprint density at radius 2 is 1.40 bits per heavy atom. The van der Waals surface area contributed by atoms with Crippen molar-refractivity contribution < 1.29 is 33.4 Å². The maximum Gasteiger partial charge on any atom is 0.262 e. The Morgan fingerprint density at radius 1 is 0.754 bits per heavy atom. The van der Waals surface area contributed by atoms with Gasteiger partial charge in [-0.2, -0.15) is 5.26 Å². The highest BCUT2D eigenvalue weighted by atomic mass is 35.5. The number of benzene rings is 3. The molecular formula is C43H45ClN6O7. The number of ether oxygens (including phenoxy) is 2. The molecular weight excluding hydrogens is 748 g/mol. The predicted molar refractivity (Wildman–Crippen MR) is 210 cm³/mol. The van der Waals surface area contributed by atoms with Gasteiger partial charge in [0, 0.05) is 69.6 Å². The molecule has 14 heteroatoms. The molecule has 1 N–H and O–H groups in total. The van der Waals surface area contributed by atoms with Crippen LogP contribution in [0.3, 0.4) is 0 Å². The molecule has 4 aliphatic heterocycles. The fraction of sp³-hybridized carbons (Fsp3) is 0.442. The molecule has 1 saturated carbocycles. The lowest BCUT2D eigenvalue weighted by Gasteiger charge is -2.39. The van der Waals surface area contributed by atoms with Crippen LogP contribution >= 0.6 is 11.6 Å². The van der Waals surface area contributed by atoms with Crippen LogP contribution in [0.5, 0.6) is 11.5 Å². The molecule has 5 amide bonds. The second kappa shape index (κ2) is 16.6. The summed E-state index contributed by atoms with van der Waals surface area (Å²) < 4.78 is 12.4. The molecule has 4 heterocycles. The molecule has 296 valence electrons. The fourth-order valence-corrected chi connectivity index (χ4v) is 8.91. The first-order valence-electron chi connectivity index (χ1n) is 19.9. The van der Waals surface area contributed by atoms with E-state index in [1.807, 2.05) is 35.2 Å². The van der Waals surface area contributed by atoms with Crippen LogP contribution in [0.15, 0.2) is 60.7 Å². The second-order valence-electron chi connectivity index (χ2n) is 15.6. The zero-order chi connectivity index (χ0) is 39.6. The highest BCUT2D eigenvalue weighted by Crippen LogP contribution is 2.33. The number of rotatable bonds is 9. The monoisotopic (exact) mass is 792 g/mol. The quantitative estimate of drug-likeness (QED) is 0.291. The zero-order valence-electron chi connectivity index (χ0n) is 31.7. The predicted octanol–water partition coefficient (Wildman–Crippen LogP) is 5.06. The summed E-state index contributed by atoms with van der Waals surface area (Å²) in [5.74, 6) is -0.0260. The van der Waals surface area contributed by atoms with Gasteiger partial charge in [-0.1, -0.05) is 11.6 Å². The van der Waals surface area contributed by atoms with Crippen LogP contribution in [-0.4, -0.2) is 108 Å². The van der Waals surface area contributed by atoms with Gasteiger partial charge in [-0.05, 0) is 105 Å². The van der Waals surface area contributed by atoms with Crippen LogP contribution < -0.4 is 19.7 Å². The van der Waals surface area contributed by atoms with Crippen molar-refractivity contribution in [2.45, 2.75) is 69.6 Å². The number of piperazine rings is 1. The number of halogens is 1. The fourth-order valence-electron chi connectivity index (χ4n) is 8.70. The van der Waals surface area contributed by atoms with Crippen molar-refractivity contribution in [2.24, 2.45) is 5.92 Å². The topological polar surface area (TPSA) is 153 Å².